The molecule has 4 rings (SSSR count). The summed E-state index contributed by atoms with van der Waals surface area (Å²) in [5, 5.41) is 5.20. The fraction of sp³-hybridized carbons (Fsp3) is 0.200. The van der Waals surface area contributed by atoms with Crippen LogP contribution in [-0.2, 0) is 12.8 Å². The number of nitrogens with one attached hydrogen (secondary N) is 1. The first-order valence-corrected chi connectivity index (χ1v) is 9.04. The van der Waals surface area contributed by atoms with E-state index in [9.17, 15) is 4.79 Å². The highest BCUT2D eigenvalue weighted by Crippen LogP contribution is 2.25. The number of hydrogen-bond acceptors (Lipinski definition) is 3. The summed E-state index contributed by atoms with van der Waals surface area (Å²) in [6.45, 7) is 0. The first-order chi connectivity index (χ1) is 11.8. The van der Waals surface area contributed by atoms with Gasteiger partial charge in [-0.05, 0) is 47.9 Å². The summed E-state index contributed by atoms with van der Waals surface area (Å²) in [5.74, 6) is -0.0368. The quantitative estimate of drug-likeness (QED) is 0.783. The Morgan fingerprint density at radius 1 is 1.12 bits per heavy atom. The van der Waals surface area contributed by atoms with Crippen LogP contribution in [0, 0.1) is 0 Å². The molecule has 1 aliphatic rings. The normalized spacial score (nSPS) is 16.4. The van der Waals surface area contributed by atoms with Crippen LogP contribution in [0.4, 0.5) is 0 Å². The van der Waals surface area contributed by atoms with Crippen LogP contribution in [0.25, 0.3) is 10.4 Å². The monoisotopic (exact) mass is 334 g/mol. The van der Waals surface area contributed by atoms with Gasteiger partial charge in [0.25, 0.3) is 5.91 Å². The van der Waals surface area contributed by atoms with E-state index >= 15 is 0 Å². The molecule has 4 heteroatoms. The summed E-state index contributed by atoms with van der Waals surface area (Å²) in [4.78, 5) is 18.0. The highest BCUT2D eigenvalue weighted by molar-refractivity contribution is 7.13. The molecule has 2 aromatic heterocycles. The Kier molecular flexibility index (Phi) is 4.13. The maximum Gasteiger partial charge on any atom is 0.253 e. The van der Waals surface area contributed by atoms with Crippen molar-refractivity contribution in [3.63, 3.8) is 0 Å². The van der Waals surface area contributed by atoms with Crippen LogP contribution in [0.1, 0.15) is 27.9 Å². The van der Waals surface area contributed by atoms with Gasteiger partial charge in [-0.2, -0.15) is 0 Å². The number of benzene rings is 1. The maximum atomic E-state index is 12.6. The Morgan fingerprint density at radius 3 is 2.83 bits per heavy atom. The van der Waals surface area contributed by atoms with Gasteiger partial charge < -0.3 is 5.32 Å². The van der Waals surface area contributed by atoms with Crippen molar-refractivity contribution in [1.29, 1.82) is 0 Å². The minimum atomic E-state index is -0.0368. The Hall–Kier alpha value is -2.46. The van der Waals surface area contributed by atoms with Crippen LogP contribution in [0.3, 0.4) is 0 Å². The molecular formula is C20H18N2OS. The standard InChI is InChI=1S/C20H18N2OS/c23-20(17-10-16(12-21-13-17)19-6-3-9-24-19)22-18-8-7-14-4-1-2-5-15(14)11-18/h1-6,9-10,12-13,18H,7-8,11H2,(H,22,23). The number of amides is 1. The Labute approximate surface area is 145 Å². The van der Waals surface area contributed by atoms with Gasteiger partial charge in [0.05, 0.1) is 5.56 Å². The maximum absolute atomic E-state index is 12.6. The molecule has 0 bridgehead atoms. The van der Waals surface area contributed by atoms with Crippen molar-refractivity contribution in [1.82, 2.24) is 10.3 Å². The lowest BCUT2D eigenvalue weighted by Crippen LogP contribution is -2.38. The molecule has 120 valence electrons. The van der Waals surface area contributed by atoms with Gasteiger partial charge in [-0.25, -0.2) is 0 Å². The predicted octanol–water partition coefficient (Wildman–Crippen LogP) is 4.10. The third-order valence-corrected chi connectivity index (χ3v) is 5.41. The van der Waals surface area contributed by atoms with Crippen molar-refractivity contribution in [3.05, 3.63) is 76.9 Å². The number of nitrogens with zero attached hydrogens (tertiary/aromatic N) is 1. The van der Waals surface area contributed by atoms with E-state index in [1.165, 1.54) is 11.1 Å². The highest BCUT2D eigenvalue weighted by Gasteiger charge is 2.20. The molecule has 24 heavy (non-hydrogen) atoms. The van der Waals surface area contributed by atoms with Gasteiger partial charge in [0, 0.05) is 28.9 Å². The molecule has 1 amide bonds. The minimum absolute atomic E-state index is 0.0368. The number of aryl methyl sites for hydroxylation is 1. The Balaban J connectivity index is 1.48. The van der Waals surface area contributed by atoms with Gasteiger partial charge in [0.1, 0.15) is 0 Å². The lowest BCUT2D eigenvalue weighted by Gasteiger charge is -2.25. The third kappa shape index (κ3) is 3.10. The average Bonchev–Trinajstić information content (AvgIpc) is 3.16. The number of hydrogen-bond donors (Lipinski definition) is 1. The van der Waals surface area contributed by atoms with Gasteiger partial charge in [-0.1, -0.05) is 30.3 Å². The zero-order valence-electron chi connectivity index (χ0n) is 13.2. The molecule has 1 unspecified atom stereocenters. The van der Waals surface area contributed by atoms with Crippen LogP contribution in [0.2, 0.25) is 0 Å². The molecule has 0 fully saturated rings. The van der Waals surface area contributed by atoms with Crippen molar-refractivity contribution in [3.8, 4) is 10.4 Å². The van der Waals surface area contributed by atoms with E-state index < -0.39 is 0 Å². The molecule has 1 aliphatic carbocycles. The molecule has 1 aromatic carbocycles. The molecular weight excluding hydrogens is 316 g/mol. The van der Waals surface area contributed by atoms with Crippen molar-refractivity contribution < 1.29 is 4.79 Å². The van der Waals surface area contributed by atoms with Crippen LogP contribution in [-0.4, -0.2) is 16.9 Å². The van der Waals surface area contributed by atoms with E-state index in [1.54, 1.807) is 23.7 Å². The lowest BCUT2D eigenvalue weighted by molar-refractivity contribution is 0.0933. The van der Waals surface area contributed by atoms with Crippen LogP contribution in [0.15, 0.2) is 60.2 Å². The molecule has 1 N–H and O–H groups in total. The third-order valence-electron chi connectivity index (χ3n) is 4.49. The number of rotatable bonds is 3. The zero-order valence-corrected chi connectivity index (χ0v) is 14.1. The van der Waals surface area contributed by atoms with E-state index in [4.69, 9.17) is 0 Å². The molecule has 0 aliphatic heterocycles. The Bertz CT molecular complexity index is 858. The minimum Gasteiger partial charge on any atom is -0.349 e. The summed E-state index contributed by atoms with van der Waals surface area (Å²) in [7, 11) is 0. The molecule has 3 aromatic rings. The summed E-state index contributed by atoms with van der Waals surface area (Å²) >= 11 is 1.65. The van der Waals surface area contributed by atoms with Crippen LogP contribution >= 0.6 is 11.3 Å². The predicted molar refractivity (Wildman–Crippen MR) is 97.3 cm³/mol. The fourth-order valence-electron chi connectivity index (χ4n) is 3.23. The number of fused-ring (bicyclic) bond motifs is 1. The van der Waals surface area contributed by atoms with Gasteiger partial charge in [0.2, 0.25) is 0 Å². The van der Waals surface area contributed by atoms with Gasteiger partial charge >= 0.3 is 0 Å². The van der Waals surface area contributed by atoms with Crippen LogP contribution in [0.5, 0.6) is 0 Å². The summed E-state index contributed by atoms with van der Waals surface area (Å²) in [6.07, 6.45) is 6.36. The topological polar surface area (TPSA) is 42.0 Å². The lowest BCUT2D eigenvalue weighted by atomic mass is 9.88. The molecule has 3 nitrogen and oxygen atoms in total. The fourth-order valence-corrected chi connectivity index (χ4v) is 3.94. The van der Waals surface area contributed by atoms with Gasteiger partial charge in [-0.15, -0.1) is 11.3 Å². The van der Waals surface area contributed by atoms with Crippen molar-refractivity contribution >= 4 is 17.2 Å². The van der Waals surface area contributed by atoms with E-state index in [-0.39, 0.29) is 11.9 Å². The first kappa shape index (κ1) is 15.1. The SMILES string of the molecule is O=C(NC1CCc2ccccc2C1)c1cncc(-c2cccs2)c1. The molecule has 0 radical (unpaired) electrons. The number of carbonyl (C=O) groups is 1. The van der Waals surface area contributed by atoms with Crippen molar-refractivity contribution in [2.75, 3.05) is 0 Å². The number of aromatic nitrogens is 1. The molecule has 0 saturated heterocycles. The molecule has 0 spiro atoms. The number of pyridine rings is 1. The van der Waals surface area contributed by atoms with E-state index in [1.807, 2.05) is 23.6 Å². The summed E-state index contributed by atoms with van der Waals surface area (Å²) < 4.78 is 0. The van der Waals surface area contributed by atoms with Crippen molar-refractivity contribution in [2.45, 2.75) is 25.3 Å². The smallest absolute Gasteiger partial charge is 0.253 e. The average molecular weight is 334 g/mol. The van der Waals surface area contributed by atoms with Gasteiger partial charge in [0.15, 0.2) is 0 Å². The number of thiophene rings is 1. The van der Waals surface area contributed by atoms with E-state index in [2.05, 4.69) is 34.6 Å². The second-order valence-corrected chi connectivity index (χ2v) is 7.07. The Morgan fingerprint density at radius 2 is 2.00 bits per heavy atom. The molecule has 2 heterocycles. The highest BCUT2D eigenvalue weighted by atomic mass is 32.1. The van der Waals surface area contributed by atoms with Crippen molar-refractivity contribution in [2.24, 2.45) is 0 Å². The molecule has 0 saturated carbocycles. The largest absolute Gasteiger partial charge is 0.349 e. The summed E-state index contributed by atoms with van der Waals surface area (Å²) in [5.41, 5.74) is 4.37. The zero-order chi connectivity index (χ0) is 16.4. The van der Waals surface area contributed by atoms with Crippen LogP contribution < -0.4 is 5.32 Å². The second kappa shape index (κ2) is 6.57. The summed E-state index contributed by atoms with van der Waals surface area (Å²) in [6, 6.07) is 14.7. The van der Waals surface area contributed by atoms with E-state index in [0.29, 0.717) is 5.56 Å². The number of carbonyl (C=O) groups excluding carboxylic acids is 1. The van der Waals surface area contributed by atoms with E-state index in [0.717, 1.165) is 29.7 Å². The second-order valence-electron chi connectivity index (χ2n) is 6.12. The first-order valence-electron chi connectivity index (χ1n) is 8.16. The molecule has 1 atom stereocenters. The van der Waals surface area contributed by atoms with Gasteiger partial charge in [-0.3, -0.25) is 9.78 Å².